The standard InChI is InChI=1S/C10H10N2O4S3/c13-7-5(1-3-15-7)17-9-11-12-10(19-9)18-6-2-4-16-8(6)14/h5-6H,1-4H2/t5-,6+. The Morgan fingerprint density at radius 1 is 0.947 bits per heavy atom. The number of hydrogen-bond acceptors (Lipinski definition) is 9. The first-order chi connectivity index (χ1) is 9.22. The van der Waals surface area contributed by atoms with E-state index in [2.05, 4.69) is 10.2 Å². The Hall–Kier alpha value is -0.800. The molecule has 102 valence electrons. The van der Waals surface area contributed by atoms with E-state index in [9.17, 15) is 9.59 Å². The molecule has 0 N–H and O–H groups in total. The Labute approximate surface area is 121 Å². The van der Waals surface area contributed by atoms with Crippen molar-refractivity contribution in [2.45, 2.75) is 32.0 Å². The molecule has 0 amide bonds. The molecule has 2 saturated heterocycles. The highest BCUT2D eigenvalue weighted by Crippen LogP contribution is 2.37. The molecule has 0 unspecified atom stereocenters. The molecule has 1 aromatic heterocycles. The van der Waals surface area contributed by atoms with E-state index in [1.807, 2.05) is 0 Å². The van der Waals surface area contributed by atoms with Crippen molar-refractivity contribution < 1.29 is 19.1 Å². The molecule has 2 aliphatic rings. The summed E-state index contributed by atoms with van der Waals surface area (Å²) in [6.07, 6.45) is 1.42. The zero-order valence-electron chi connectivity index (χ0n) is 9.74. The lowest BCUT2D eigenvalue weighted by molar-refractivity contribution is -0.138. The van der Waals surface area contributed by atoms with E-state index in [4.69, 9.17) is 9.47 Å². The highest BCUT2D eigenvalue weighted by atomic mass is 32.2. The quantitative estimate of drug-likeness (QED) is 0.770. The number of cyclic esters (lactones) is 2. The molecule has 0 saturated carbocycles. The van der Waals surface area contributed by atoms with Gasteiger partial charge in [0, 0.05) is 12.8 Å². The van der Waals surface area contributed by atoms with E-state index in [0.29, 0.717) is 26.1 Å². The molecule has 19 heavy (non-hydrogen) atoms. The third-order valence-corrected chi connectivity index (χ3v) is 6.23. The summed E-state index contributed by atoms with van der Waals surface area (Å²) in [6.45, 7) is 0.954. The second kappa shape index (κ2) is 5.68. The van der Waals surface area contributed by atoms with E-state index >= 15 is 0 Å². The predicted molar refractivity (Wildman–Crippen MR) is 70.4 cm³/mol. The van der Waals surface area contributed by atoms with E-state index in [1.165, 1.54) is 34.9 Å². The van der Waals surface area contributed by atoms with Gasteiger partial charge in [0.15, 0.2) is 8.68 Å². The molecule has 0 radical (unpaired) electrons. The zero-order valence-corrected chi connectivity index (χ0v) is 12.2. The molecule has 0 aliphatic carbocycles. The van der Waals surface area contributed by atoms with Crippen LogP contribution < -0.4 is 0 Å². The lowest BCUT2D eigenvalue weighted by Crippen LogP contribution is -2.08. The number of nitrogens with zero attached hydrogens (tertiary/aromatic N) is 2. The fourth-order valence-electron chi connectivity index (χ4n) is 1.70. The summed E-state index contributed by atoms with van der Waals surface area (Å²) in [6, 6.07) is 0. The van der Waals surface area contributed by atoms with Gasteiger partial charge in [-0.2, -0.15) is 0 Å². The van der Waals surface area contributed by atoms with Crippen LogP contribution in [0.4, 0.5) is 0 Å². The largest absolute Gasteiger partial charge is 0.465 e. The summed E-state index contributed by atoms with van der Waals surface area (Å²) in [5, 5.41) is 7.71. The van der Waals surface area contributed by atoms with Gasteiger partial charge < -0.3 is 9.47 Å². The Bertz CT molecular complexity index is 464. The van der Waals surface area contributed by atoms with Gasteiger partial charge in [0.25, 0.3) is 0 Å². The van der Waals surface area contributed by atoms with Crippen LogP contribution in [0.3, 0.4) is 0 Å². The van der Waals surface area contributed by atoms with E-state index in [0.717, 1.165) is 8.68 Å². The van der Waals surface area contributed by atoms with Crippen LogP contribution in [0, 0.1) is 0 Å². The van der Waals surface area contributed by atoms with Gasteiger partial charge in [-0.15, -0.1) is 10.2 Å². The molecule has 0 spiro atoms. The first-order valence-corrected chi connectivity index (χ1v) is 8.30. The predicted octanol–water partition coefficient (Wildman–Crippen LogP) is 1.35. The van der Waals surface area contributed by atoms with E-state index in [-0.39, 0.29) is 22.4 Å². The maximum Gasteiger partial charge on any atom is 0.319 e. The van der Waals surface area contributed by atoms with Gasteiger partial charge in [0.05, 0.1) is 13.2 Å². The molecule has 2 atom stereocenters. The van der Waals surface area contributed by atoms with Gasteiger partial charge in [0.2, 0.25) is 0 Å². The van der Waals surface area contributed by atoms with Crippen LogP contribution in [0.5, 0.6) is 0 Å². The number of hydrogen-bond donors (Lipinski definition) is 0. The van der Waals surface area contributed by atoms with E-state index in [1.54, 1.807) is 0 Å². The van der Waals surface area contributed by atoms with Crippen LogP contribution in [0.25, 0.3) is 0 Å². The highest BCUT2D eigenvalue weighted by Gasteiger charge is 2.31. The number of carbonyl (C=O) groups excluding carboxylic acids is 2. The normalized spacial score (nSPS) is 26.5. The first-order valence-electron chi connectivity index (χ1n) is 5.72. The minimum absolute atomic E-state index is 0.178. The average Bonchev–Trinajstić information content (AvgIpc) is 3.07. The Balaban J connectivity index is 1.59. The highest BCUT2D eigenvalue weighted by molar-refractivity contribution is 8.04. The maximum atomic E-state index is 11.4. The van der Waals surface area contributed by atoms with Gasteiger partial charge in [-0.05, 0) is 0 Å². The van der Waals surface area contributed by atoms with E-state index < -0.39 is 0 Å². The Morgan fingerprint density at radius 3 is 1.79 bits per heavy atom. The number of ether oxygens (including phenoxy) is 2. The van der Waals surface area contributed by atoms with Crippen LogP contribution >= 0.6 is 34.9 Å². The van der Waals surface area contributed by atoms with Gasteiger partial charge in [-0.1, -0.05) is 34.9 Å². The van der Waals surface area contributed by atoms with Crippen LogP contribution in [-0.2, 0) is 19.1 Å². The number of esters is 2. The second-order valence-electron chi connectivity index (χ2n) is 3.96. The fraction of sp³-hybridized carbons (Fsp3) is 0.600. The van der Waals surface area contributed by atoms with Gasteiger partial charge in [-0.3, -0.25) is 9.59 Å². The molecule has 1 aromatic rings. The lowest BCUT2D eigenvalue weighted by Gasteiger charge is -2.00. The summed E-state index contributed by atoms with van der Waals surface area (Å²) in [5.41, 5.74) is 0. The second-order valence-corrected chi connectivity index (χ2v) is 7.84. The van der Waals surface area contributed by atoms with Crippen LogP contribution in [0.15, 0.2) is 8.68 Å². The Morgan fingerprint density at radius 2 is 1.42 bits per heavy atom. The number of carbonyl (C=O) groups is 2. The molecule has 2 aliphatic heterocycles. The summed E-state index contributed by atoms with van der Waals surface area (Å²) in [7, 11) is 0. The minimum Gasteiger partial charge on any atom is -0.465 e. The SMILES string of the molecule is O=C1OCC[C@@H]1Sc1nnc(S[C@@H]2CCOC2=O)s1. The summed E-state index contributed by atoms with van der Waals surface area (Å²) in [4.78, 5) is 22.7. The van der Waals surface area contributed by atoms with Crippen molar-refractivity contribution in [3.8, 4) is 0 Å². The smallest absolute Gasteiger partial charge is 0.319 e. The van der Waals surface area contributed by atoms with Gasteiger partial charge in [0.1, 0.15) is 10.5 Å². The maximum absolute atomic E-state index is 11.4. The number of aromatic nitrogens is 2. The van der Waals surface area contributed by atoms with Crippen LogP contribution in [0.2, 0.25) is 0 Å². The number of thioether (sulfide) groups is 2. The van der Waals surface area contributed by atoms with Crippen molar-refractivity contribution in [2.24, 2.45) is 0 Å². The molecular formula is C10H10N2O4S3. The van der Waals surface area contributed by atoms with Crippen molar-refractivity contribution in [3.63, 3.8) is 0 Å². The lowest BCUT2D eigenvalue weighted by atomic mass is 10.4. The number of rotatable bonds is 4. The fourth-order valence-corrected chi connectivity index (χ4v) is 5.15. The average molecular weight is 318 g/mol. The molecule has 3 rings (SSSR count). The molecule has 0 aromatic carbocycles. The summed E-state index contributed by atoms with van der Waals surface area (Å²) in [5.74, 6) is -0.373. The van der Waals surface area contributed by atoms with Crippen molar-refractivity contribution in [2.75, 3.05) is 13.2 Å². The first kappa shape index (κ1) is 13.2. The Kier molecular flexibility index (Phi) is 3.94. The molecule has 3 heterocycles. The van der Waals surface area contributed by atoms with Gasteiger partial charge >= 0.3 is 11.9 Å². The zero-order chi connectivity index (χ0) is 13.2. The van der Waals surface area contributed by atoms with Crippen molar-refractivity contribution in [3.05, 3.63) is 0 Å². The monoisotopic (exact) mass is 318 g/mol. The van der Waals surface area contributed by atoms with Crippen molar-refractivity contribution in [1.29, 1.82) is 0 Å². The van der Waals surface area contributed by atoms with Crippen molar-refractivity contribution >= 4 is 46.8 Å². The van der Waals surface area contributed by atoms with Crippen LogP contribution in [0.1, 0.15) is 12.8 Å². The molecule has 0 bridgehead atoms. The third-order valence-electron chi connectivity index (χ3n) is 2.65. The molecule has 2 fully saturated rings. The molecule has 6 nitrogen and oxygen atoms in total. The topological polar surface area (TPSA) is 78.4 Å². The van der Waals surface area contributed by atoms with Crippen LogP contribution in [-0.4, -0.2) is 45.8 Å². The molecule has 9 heteroatoms. The molecular weight excluding hydrogens is 308 g/mol. The summed E-state index contributed by atoms with van der Waals surface area (Å²) >= 11 is 4.16. The third kappa shape index (κ3) is 3.03. The van der Waals surface area contributed by atoms with Gasteiger partial charge in [-0.25, -0.2) is 0 Å². The summed E-state index contributed by atoms with van der Waals surface area (Å²) < 4.78 is 11.3. The van der Waals surface area contributed by atoms with Crippen molar-refractivity contribution in [1.82, 2.24) is 10.2 Å². The minimum atomic E-state index is -0.186.